The number of hydrogen-bond donors (Lipinski definition) is 3. The number of anilines is 2. The summed E-state index contributed by atoms with van der Waals surface area (Å²) in [4.78, 5) is 21.5. The standard InChI is InChI=1S/C24H31F3N6O4/c25-24(26,27)37-21-6-2-1-4-17(21)13-29-23-30-14-20(33(35)36)22(31-23)28-12-16-7-9-18(10-8-16)32-11-3-5-19(34)15-32/h1-2,4,6,14,16,18-19,34H,3,5,7-13,15H2,(H2,28,29,30,31)/t16-,18-,19?. The normalized spacial score (nSPS) is 22.9. The van der Waals surface area contributed by atoms with Crippen molar-refractivity contribution in [2.45, 2.75) is 63.6 Å². The number of aliphatic hydroxyl groups is 1. The average Bonchev–Trinajstić information content (AvgIpc) is 2.86. The molecule has 0 radical (unpaired) electrons. The van der Waals surface area contributed by atoms with Crippen LogP contribution in [0, 0.1) is 16.0 Å². The van der Waals surface area contributed by atoms with Crippen molar-refractivity contribution >= 4 is 17.5 Å². The molecule has 1 saturated heterocycles. The van der Waals surface area contributed by atoms with Crippen LogP contribution in [0.1, 0.15) is 44.1 Å². The lowest BCUT2D eigenvalue weighted by Gasteiger charge is -2.40. The van der Waals surface area contributed by atoms with Gasteiger partial charge in [0.2, 0.25) is 11.8 Å². The summed E-state index contributed by atoms with van der Waals surface area (Å²) in [6.07, 6.45) is 1.82. The number of alkyl halides is 3. The Morgan fingerprint density at radius 1 is 1.16 bits per heavy atom. The Morgan fingerprint density at radius 2 is 1.92 bits per heavy atom. The molecule has 1 aromatic heterocycles. The van der Waals surface area contributed by atoms with Crippen molar-refractivity contribution in [2.24, 2.45) is 5.92 Å². The molecule has 0 amide bonds. The fourth-order valence-electron chi connectivity index (χ4n) is 5.04. The van der Waals surface area contributed by atoms with Gasteiger partial charge < -0.3 is 20.5 Å². The zero-order valence-corrected chi connectivity index (χ0v) is 20.3. The summed E-state index contributed by atoms with van der Waals surface area (Å²) in [5.74, 6) is 0.0756. The molecular weight excluding hydrogens is 493 g/mol. The van der Waals surface area contributed by atoms with Crippen LogP contribution in [-0.2, 0) is 6.54 Å². The molecule has 2 fully saturated rings. The zero-order valence-electron chi connectivity index (χ0n) is 20.3. The third-order valence-electron chi connectivity index (χ3n) is 6.92. The molecule has 2 heterocycles. The second-order valence-corrected chi connectivity index (χ2v) is 9.54. The van der Waals surface area contributed by atoms with Crippen LogP contribution in [0.4, 0.5) is 30.6 Å². The smallest absolute Gasteiger partial charge is 0.405 e. The van der Waals surface area contributed by atoms with Crippen LogP contribution in [0.15, 0.2) is 30.5 Å². The first kappa shape index (κ1) is 26.9. The molecule has 37 heavy (non-hydrogen) atoms. The Morgan fingerprint density at radius 3 is 2.62 bits per heavy atom. The predicted molar refractivity (Wildman–Crippen MR) is 130 cm³/mol. The second kappa shape index (κ2) is 11.9. The van der Waals surface area contributed by atoms with Crippen molar-refractivity contribution < 1.29 is 27.9 Å². The molecule has 4 rings (SSSR count). The van der Waals surface area contributed by atoms with E-state index >= 15 is 0 Å². The summed E-state index contributed by atoms with van der Waals surface area (Å²) in [7, 11) is 0. The average molecular weight is 525 g/mol. The molecule has 1 unspecified atom stereocenters. The van der Waals surface area contributed by atoms with Crippen molar-refractivity contribution in [1.82, 2.24) is 14.9 Å². The number of piperidine rings is 1. The zero-order chi connectivity index (χ0) is 26.4. The predicted octanol–water partition coefficient (Wildman–Crippen LogP) is 4.32. The third kappa shape index (κ3) is 7.65. The van der Waals surface area contributed by atoms with Gasteiger partial charge in [-0.05, 0) is 57.1 Å². The minimum atomic E-state index is -4.83. The molecular formula is C24H31F3N6O4. The first-order chi connectivity index (χ1) is 17.7. The van der Waals surface area contributed by atoms with E-state index < -0.39 is 11.3 Å². The Hall–Kier alpha value is -3.19. The molecule has 2 aliphatic rings. The molecule has 10 nitrogen and oxygen atoms in total. The molecule has 1 saturated carbocycles. The molecule has 3 N–H and O–H groups in total. The van der Waals surface area contributed by atoms with Gasteiger partial charge in [-0.25, -0.2) is 4.98 Å². The monoisotopic (exact) mass is 524 g/mol. The maximum absolute atomic E-state index is 12.7. The summed E-state index contributed by atoms with van der Waals surface area (Å²) >= 11 is 0. The SMILES string of the molecule is O=[N+]([O-])c1cnc(NCc2ccccc2OC(F)(F)F)nc1NC[C@H]1CC[C@H](N2CCCC(O)C2)CC1. The van der Waals surface area contributed by atoms with Gasteiger partial charge in [-0.1, -0.05) is 18.2 Å². The fraction of sp³-hybridized carbons (Fsp3) is 0.583. The number of likely N-dealkylation sites (tertiary alicyclic amines) is 1. The highest BCUT2D eigenvalue weighted by Crippen LogP contribution is 2.31. The number of aromatic nitrogens is 2. The van der Waals surface area contributed by atoms with Crippen LogP contribution < -0.4 is 15.4 Å². The van der Waals surface area contributed by atoms with E-state index in [1.165, 1.54) is 18.2 Å². The third-order valence-corrected chi connectivity index (χ3v) is 6.92. The summed E-state index contributed by atoms with van der Waals surface area (Å²) in [6, 6.07) is 6.14. The number of ether oxygens (including phenoxy) is 1. The highest BCUT2D eigenvalue weighted by atomic mass is 19.4. The van der Waals surface area contributed by atoms with E-state index in [4.69, 9.17) is 0 Å². The summed E-state index contributed by atoms with van der Waals surface area (Å²) in [5.41, 5.74) is -0.0448. The van der Waals surface area contributed by atoms with E-state index in [1.807, 2.05) is 0 Å². The lowest BCUT2D eigenvalue weighted by Crippen LogP contribution is -2.46. The number of halogens is 3. The second-order valence-electron chi connectivity index (χ2n) is 9.54. The van der Waals surface area contributed by atoms with Gasteiger partial charge in [-0.15, -0.1) is 13.2 Å². The molecule has 2 aromatic rings. The van der Waals surface area contributed by atoms with Crippen molar-refractivity contribution in [2.75, 3.05) is 30.3 Å². The maximum atomic E-state index is 12.7. The fourth-order valence-corrected chi connectivity index (χ4v) is 5.04. The Labute approximate surface area is 212 Å². The molecule has 1 aliphatic carbocycles. The number of nitro groups is 1. The maximum Gasteiger partial charge on any atom is 0.573 e. The first-order valence-corrected chi connectivity index (χ1v) is 12.4. The number of nitrogens with one attached hydrogen (secondary N) is 2. The number of rotatable bonds is 9. The Kier molecular flexibility index (Phi) is 8.64. The lowest BCUT2D eigenvalue weighted by molar-refractivity contribution is -0.384. The number of hydrogen-bond acceptors (Lipinski definition) is 9. The molecule has 0 spiro atoms. The number of para-hydroxylation sites is 1. The van der Waals surface area contributed by atoms with E-state index in [9.17, 15) is 28.4 Å². The molecule has 1 aliphatic heterocycles. The van der Waals surface area contributed by atoms with Crippen LogP contribution in [0.2, 0.25) is 0 Å². The van der Waals surface area contributed by atoms with Crippen LogP contribution in [0.3, 0.4) is 0 Å². The van der Waals surface area contributed by atoms with E-state index in [-0.39, 0.29) is 41.4 Å². The van der Waals surface area contributed by atoms with Gasteiger partial charge in [0.15, 0.2) is 0 Å². The van der Waals surface area contributed by atoms with E-state index in [1.54, 1.807) is 6.07 Å². The van der Waals surface area contributed by atoms with E-state index in [0.717, 1.165) is 57.8 Å². The largest absolute Gasteiger partial charge is 0.573 e. The topological polar surface area (TPSA) is 126 Å². The summed E-state index contributed by atoms with van der Waals surface area (Å²) in [6.45, 7) is 2.18. The van der Waals surface area contributed by atoms with Gasteiger partial charge in [0.1, 0.15) is 11.9 Å². The van der Waals surface area contributed by atoms with Gasteiger partial charge >= 0.3 is 12.0 Å². The van der Waals surface area contributed by atoms with Crippen LogP contribution in [0.25, 0.3) is 0 Å². The lowest BCUT2D eigenvalue weighted by atomic mass is 9.84. The number of nitrogens with zero attached hydrogens (tertiary/aromatic N) is 4. The van der Waals surface area contributed by atoms with Crippen molar-refractivity contribution in [1.29, 1.82) is 0 Å². The number of benzene rings is 1. The van der Waals surface area contributed by atoms with Crippen molar-refractivity contribution in [3.63, 3.8) is 0 Å². The molecule has 13 heteroatoms. The van der Waals surface area contributed by atoms with Crippen molar-refractivity contribution in [3.8, 4) is 5.75 Å². The molecule has 0 bridgehead atoms. The van der Waals surface area contributed by atoms with Crippen molar-refractivity contribution in [3.05, 3.63) is 46.1 Å². The highest BCUT2D eigenvalue weighted by molar-refractivity contribution is 5.57. The minimum absolute atomic E-state index is 0.0438. The summed E-state index contributed by atoms with van der Waals surface area (Å²) in [5, 5.41) is 27.4. The minimum Gasteiger partial charge on any atom is -0.405 e. The Bertz CT molecular complexity index is 1070. The van der Waals surface area contributed by atoms with Gasteiger partial charge in [-0.3, -0.25) is 15.0 Å². The molecule has 1 atom stereocenters. The first-order valence-electron chi connectivity index (χ1n) is 12.4. The van der Waals surface area contributed by atoms with Crippen LogP contribution in [-0.4, -0.2) is 63.0 Å². The van der Waals surface area contributed by atoms with Gasteiger partial charge in [-0.2, -0.15) is 4.98 Å². The van der Waals surface area contributed by atoms with E-state index in [2.05, 4.69) is 30.2 Å². The number of aliphatic hydroxyl groups excluding tert-OH is 1. The Balaban J connectivity index is 1.34. The number of β-amino-alcohol motifs (C(OH)–C–C–N with tert-alkyl or cyclic N) is 1. The van der Waals surface area contributed by atoms with Gasteiger partial charge in [0, 0.05) is 31.2 Å². The van der Waals surface area contributed by atoms with Gasteiger partial charge in [0.05, 0.1) is 11.0 Å². The quantitative estimate of drug-likeness (QED) is 0.325. The van der Waals surface area contributed by atoms with Gasteiger partial charge in [0.25, 0.3) is 0 Å². The molecule has 1 aromatic carbocycles. The molecule has 202 valence electrons. The highest BCUT2D eigenvalue weighted by Gasteiger charge is 2.32. The van der Waals surface area contributed by atoms with Crippen LogP contribution >= 0.6 is 0 Å². The van der Waals surface area contributed by atoms with Crippen LogP contribution in [0.5, 0.6) is 5.75 Å². The van der Waals surface area contributed by atoms with E-state index in [0.29, 0.717) is 18.5 Å². The summed E-state index contributed by atoms with van der Waals surface area (Å²) < 4.78 is 42.1.